The molecular formula is C12H9N3O3. The molecule has 0 radical (unpaired) electrons. The molecule has 3 aromatic rings. The molecule has 0 saturated carbocycles. The van der Waals surface area contributed by atoms with Crippen molar-refractivity contribution in [2.24, 2.45) is 0 Å². The van der Waals surface area contributed by atoms with Gasteiger partial charge in [0.25, 0.3) is 5.69 Å². The normalized spacial score (nSPS) is 10.9. The fraction of sp³-hybridized carbons (Fsp3) is 0.0833. The Morgan fingerprint density at radius 1 is 1.39 bits per heavy atom. The minimum Gasteiger partial charge on any atom is -0.467 e. The molecule has 18 heavy (non-hydrogen) atoms. The number of hydrogen-bond donors (Lipinski definition) is 0. The van der Waals surface area contributed by atoms with Crippen LogP contribution in [-0.2, 0) is 6.54 Å². The molecule has 0 spiro atoms. The highest BCUT2D eigenvalue weighted by atomic mass is 16.6. The van der Waals surface area contributed by atoms with Gasteiger partial charge in [0.1, 0.15) is 5.76 Å². The van der Waals surface area contributed by atoms with Gasteiger partial charge in [-0.25, -0.2) is 0 Å². The van der Waals surface area contributed by atoms with Crippen molar-refractivity contribution in [3.8, 4) is 0 Å². The number of non-ortho nitro benzene ring substituents is 1. The summed E-state index contributed by atoms with van der Waals surface area (Å²) in [6.07, 6.45) is 3.37. The van der Waals surface area contributed by atoms with Crippen LogP contribution in [0.5, 0.6) is 0 Å². The van der Waals surface area contributed by atoms with Crippen LogP contribution in [0.1, 0.15) is 5.76 Å². The SMILES string of the molecule is O=[N+]([O-])c1ccc2nn(Cc3ccco3)cc2c1. The Balaban J connectivity index is 1.98. The summed E-state index contributed by atoms with van der Waals surface area (Å²) in [6, 6.07) is 8.28. The number of rotatable bonds is 3. The van der Waals surface area contributed by atoms with Crippen LogP contribution in [0.15, 0.2) is 47.2 Å². The van der Waals surface area contributed by atoms with Gasteiger partial charge in [0.15, 0.2) is 0 Å². The average Bonchev–Trinajstić information content (AvgIpc) is 2.96. The zero-order chi connectivity index (χ0) is 12.5. The second-order valence-corrected chi connectivity index (χ2v) is 3.91. The number of aromatic nitrogens is 2. The van der Waals surface area contributed by atoms with E-state index in [2.05, 4.69) is 5.10 Å². The van der Waals surface area contributed by atoms with Crippen molar-refractivity contribution in [3.05, 3.63) is 58.7 Å². The summed E-state index contributed by atoms with van der Waals surface area (Å²) >= 11 is 0. The largest absolute Gasteiger partial charge is 0.467 e. The number of nitro groups is 1. The van der Waals surface area contributed by atoms with Gasteiger partial charge in [-0.3, -0.25) is 14.8 Å². The first-order valence-corrected chi connectivity index (χ1v) is 5.36. The average molecular weight is 243 g/mol. The molecule has 2 aromatic heterocycles. The van der Waals surface area contributed by atoms with E-state index in [0.717, 1.165) is 16.7 Å². The van der Waals surface area contributed by atoms with Crippen LogP contribution in [0.2, 0.25) is 0 Å². The highest BCUT2D eigenvalue weighted by Gasteiger charge is 2.09. The lowest BCUT2D eigenvalue weighted by Crippen LogP contribution is -1.98. The lowest BCUT2D eigenvalue weighted by Gasteiger charge is -1.95. The maximum Gasteiger partial charge on any atom is 0.270 e. The Hall–Kier alpha value is -2.63. The Morgan fingerprint density at radius 2 is 2.28 bits per heavy atom. The second-order valence-electron chi connectivity index (χ2n) is 3.91. The van der Waals surface area contributed by atoms with Crippen molar-refractivity contribution in [1.82, 2.24) is 9.78 Å². The molecule has 0 aliphatic heterocycles. The zero-order valence-corrected chi connectivity index (χ0v) is 9.31. The van der Waals surface area contributed by atoms with Crippen LogP contribution in [0.4, 0.5) is 5.69 Å². The third-order valence-corrected chi connectivity index (χ3v) is 2.64. The molecule has 0 aliphatic rings. The van der Waals surface area contributed by atoms with Gasteiger partial charge in [-0.1, -0.05) is 0 Å². The van der Waals surface area contributed by atoms with Crippen molar-refractivity contribution in [3.63, 3.8) is 0 Å². The predicted molar refractivity (Wildman–Crippen MR) is 64.2 cm³/mol. The minimum absolute atomic E-state index is 0.0695. The lowest BCUT2D eigenvalue weighted by molar-refractivity contribution is -0.384. The summed E-state index contributed by atoms with van der Waals surface area (Å²) in [5.41, 5.74) is 0.798. The smallest absolute Gasteiger partial charge is 0.270 e. The van der Waals surface area contributed by atoms with E-state index in [9.17, 15) is 10.1 Å². The molecule has 6 heteroatoms. The number of nitrogens with zero attached hydrogens (tertiary/aromatic N) is 3. The minimum atomic E-state index is -0.413. The number of nitro benzene ring substituents is 1. The van der Waals surface area contributed by atoms with Crippen molar-refractivity contribution in [2.75, 3.05) is 0 Å². The zero-order valence-electron chi connectivity index (χ0n) is 9.31. The van der Waals surface area contributed by atoms with E-state index in [1.165, 1.54) is 12.1 Å². The third-order valence-electron chi connectivity index (χ3n) is 2.64. The molecule has 0 N–H and O–H groups in total. The van der Waals surface area contributed by atoms with Crippen LogP contribution in [0.25, 0.3) is 10.9 Å². The maximum absolute atomic E-state index is 10.7. The first-order valence-electron chi connectivity index (χ1n) is 5.36. The van der Waals surface area contributed by atoms with Gasteiger partial charge < -0.3 is 4.42 Å². The van der Waals surface area contributed by atoms with E-state index in [-0.39, 0.29) is 5.69 Å². The van der Waals surface area contributed by atoms with Crippen LogP contribution in [0.3, 0.4) is 0 Å². The van der Waals surface area contributed by atoms with E-state index in [0.29, 0.717) is 6.54 Å². The number of fused-ring (bicyclic) bond motifs is 1. The van der Waals surface area contributed by atoms with Crippen molar-refractivity contribution in [2.45, 2.75) is 6.54 Å². The van der Waals surface area contributed by atoms with Crippen molar-refractivity contribution < 1.29 is 9.34 Å². The number of benzene rings is 1. The van der Waals surface area contributed by atoms with Crippen LogP contribution in [-0.4, -0.2) is 14.7 Å². The van der Waals surface area contributed by atoms with E-state index < -0.39 is 4.92 Å². The Bertz CT molecular complexity index is 701. The summed E-state index contributed by atoms with van der Waals surface area (Å²) in [5, 5.41) is 15.7. The summed E-state index contributed by atoms with van der Waals surface area (Å²) in [6.45, 7) is 0.509. The highest BCUT2D eigenvalue weighted by molar-refractivity contribution is 5.80. The predicted octanol–water partition coefficient (Wildman–Crippen LogP) is 2.59. The van der Waals surface area contributed by atoms with Crippen LogP contribution >= 0.6 is 0 Å². The van der Waals surface area contributed by atoms with Gasteiger partial charge >= 0.3 is 0 Å². The molecule has 0 atom stereocenters. The van der Waals surface area contributed by atoms with Gasteiger partial charge in [-0.2, -0.15) is 5.10 Å². The van der Waals surface area contributed by atoms with Gasteiger partial charge in [-0.15, -0.1) is 0 Å². The Kier molecular flexibility index (Phi) is 2.33. The van der Waals surface area contributed by atoms with Gasteiger partial charge in [0.2, 0.25) is 0 Å². The fourth-order valence-electron chi connectivity index (χ4n) is 1.82. The fourth-order valence-corrected chi connectivity index (χ4v) is 1.82. The molecule has 3 rings (SSSR count). The summed E-state index contributed by atoms with van der Waals surface area (Å²) in [7, 11) is 0. The number of hydrogen-bond acceptors (Lipinski definition) is 4. The summed E-state index contributed by atoms with van der Waals surface area (Å²) in [5.74, 6) is 0.789. The topological polar surface area (TPSA) is 74.1 Å². The number of furan rings is 1. The van der Waals surface area contributed by atoms with Crippen molar-refractivity contribution in [1.29, 1.82) is 0 Å². The molecule has 0 unspecified atom stereocenters. The molecule has 0 bridgehead atoms. The first-order chi connectivity index (χ1) is 8.72. The van der Waals surface area contributed by atoms with Crippen LogP contribution < -0.4 is 0 Å². The molecule has 2 heterocycles. The molecule has 0 fully saturated rings. The Labute approximate surface area is 102 Å². The maximum atomic E-state index is 10.7. The molecule has 0 saturated heterocycles. The van der Waals surface area contributed by atoms with E-state index >= 15 is 0 Å². The van der Waals surface area contributed by atoms with E-state index in [1.807, 2.05) is 12.1 Å². The summed E-state index contributed by atoms with van der Waals surface area (Å²) < 4.78 is 6.93. The first kappa shape index (κ1) is 10.5. The van der Waals surface area contributed by atoms with Gasteiger partial charge in [0, 0.05) is 23.7 Å². The lowest BCUT2D eigenvalue weighted by atomic mass is 10.2. The van der Waals surface area contributed by atoms with E-state index in [4.69, 9.17) is 4.42 Å². The van der Waals surface area contributed by atoms with Gasteiger partial charge in [0.05, 0.1) is 23.2 Å². The van der Waals surface area contributed by atoms with Crippen LogP contribution in [0, 0.1) is 10.1 Å². The third kappa shape index (κ3) is 1.84. The summed E-state index contributed by atoms with van der Waals surface area (Å²) in [4.78, 5) is 10.3. The molecule has 0 aliphatic carbocycles. The Morgan fingerprint density at radius 3 is 3.00 bits per heavy atom. The molecule has 6 nitrogen and oxygen atoms in total. The second kappa shape index (κ2) is 3.99. The highest BCUT2D eigenvalue weighted by Crippen LogP contribution is 2.20. The molecule has 1 aromatic carbocycles. The van der Waals surface area contributed by atoms with Gasteiger partial charge in [-0.05, 0) is 18.2 Å². The quantitative estimate of drug-likeness (QED) is 0.523. The molecule has 0 amide bonds. The van der Waals surface area contributed by atoms with E-state index in [1.54, 1.807) is 23.2 Å². The monoisotopic (exact) mass is 243 g/mol. The standard InChI is InChI=1S/C12H9N3O3/c16-15(17)10-3-4-12-9(6-10)7-14(13-12)8-11-2-1-5-18-11/h1-7H,8H2. The molecule has 90 valence electrons. The molecular weight excluding hydrogens is 234 g/mol. The van der Waals surface area contributed by atoms with Crippen molar-refractivity contribution >= 4 is 16.6 Å².